The van der Waals surface area contributed by atoms with Crippen molar-refractivity contribution in [2.24, 2.45) is 0 Å². The molecule has 0 unspecified atom stereocenters. The Labute approximate surface area is 164 Å². The molecule has 0 saturated heterocycles. The molecule has 0 aliphatic rings. The summed E-state index contributed by atoms with van der Waals surface area (Å²) >= 11 is 0. The van der Waals surface area contributed by atoms with Gasteiger partial charge in [-0.3, -0.25) is 4.79 Å². The normalized spacial score (nSPS) is 11.4. The molecule has 0 heterocycles. The van der Waals surface area contributed by atoms with E-state index in [1.165, 1.54) is 19.2 Å². The van der Waals surface area contributed by atoms with Crippen LogP contribution in [0.3, 0.4) is 0 Å². The highest BCUT2D eigenvalue weighted by Gasteiger charge is 2.16. The first kappa shape index (κ1) is 19.9. The maximum atomic E-state index is 12.6. The zero-order valence-corrected chi connectivity index (χ0v) is 16.8. The first-order valence-corrected chi connectivity index (χ1v) is 10.2. The van der Waals surface area contributed by atoms with Crippen molar-refractivity contribution in [3.05, 3.63) is 71.3 Å². The largest absolute Gasteiger partial charge is 0.497 e. The Morgan fingerprint density at radius 3 is 2.43 bits per heavy atom. The molecule has 3 aromatic carbocycles. The number of rotatable bonds is 6. The van der Waals surface area contributed by atoms with Crippen LogP contribution in [0, 0.1) is 6.92 Å². The number of carbonyl (C=O) groups is 1. The third-order valence-electron chi connectivity index (χ3n) is 4.60. The second-order valence-corrected chi connectivity index (χ2v) is 8.30. The number of amides is 1. The SMILES string of the molecule is CNS(=O)(=O)c1ccc(C)c(C(=O)NCc2ccc3cc(OC)ccc3c2)c1. The van der Waals surface area contributed by atoms with Crippen molar-refractivity contribution in [1.29, 1.82) is 0 Å². The Hall–Kier alpha value is -2.90. The number of sulfonamides is 1. The highest BCUT2D eigenvalue weighted by Crippen LogP contribution is 2.22. The van der Waals surface area contributed by atoms with E-state index in [-0.39, 0.29) is 10.8 Å². The van der Waals surface area contributed by atoms with Crippen LogP contribution in [0.2, 0.25) is 0 Å². The summed E-state index contributed by atoms with van der Waals surface area (Å²) < 4.78 is 31.5. The van der Waals surface area contributed by atoms with Gasteiger partial charge in [-0.15, -0.1) is 0 Å². The van der Waals surface area contributed by atoms with Gasteiger partial charge in [-0.2, -0.15) is 0 Å². The molecule has 0 aliphatic carbocycles. The third-order valence-corrected chi connectivity index (χ3v) is 6.01. The van der Waals surface area contributed by atoms with Crippen molar-refractivity contribution in [3.63, 3.8) is 0 Å². The maximum Gasteiger partial charge on any atom is 0.251 e. The predicted molar refractivity (Wildman–Crippen MR) is 109 cm³/mol. The summed E-state index contributed by atoms with van der Waals surface area (Å²) in [4.78, 5) is 12.7. The first-order chi connectivity index (χ1) is 13.3. The van der Waals surface area contributed by atoms with Crippen LogP contribution < -0.4 is 14.8 Å². The van der Waals surface area contributed by atoms with Gasteiger partial charge in [0.15, 0.2) is 0 Å². The second-order valence-electron chi connectivity index (χ2n) is 6.41. The monoisotopic (exact) mass is 398 g/mol. The number of fused-ring (bicyclic) bond motifs is 1. The molecule has 0 spiro atoms. The molecular weight excluding hydrogens is 376 g/mol. The van der Waals surface area contributed by atoms with Gasteiger partial charge in [0.05, 0.1) is 12.0 Å². The van der Waals surface area contributed by atoms with Gasteiger partial charge in [0, 0.05) is 12.1 Å². The molecular formula is C21H22N2O4S. The van der Waals surface area contributed by atoms with E-state index in [2.05, 4.69) is 10.0 Å². The molecule has 2 N–H and O–H groups in total. The van der Waals surface area contributed by atoms with Crippen LogP contribution in [0.5, 0.6) is 5.75 Å². The molecule has 0 atom stereocenters. The van der Waals surface area contributed by atoms with Crippen molar-refractivity contribution < 1.29 is 17.9 Å². The molecule has 0 fully saturated rings. The molecule has 0 bridgehead atoms. The quantitative estimate of drug-likeness (QED) is 0.669. The van der Waals surface area contributed by atoms with E-state index in [9.17, 15) is 13.2 Å². The molecule has 28 heavy (non-hydrogen) atoms. The minimum atomic E-state index is -3.61. The van der Waals surface area contributed by atoms with Crippen LogP contribution in [0.4, 0.5) is 0 Å². The summed E-state index contributed by atoms with van der Waals surface area (Å²) in [6.45, 7) is 2.11. The lowest BCUT2D eigenvalue weighted by molar-refractivity contribution is 0.0950. The third kappa shape index (κ3) is 4.16. The van der Waals surface area contributed by atoms with Gasteiger partial charge in [-0.05, 0) is 66.2 Å². The van der Waals surface area contributed by atoms with E-state index in [0.29, 0.717) is 17.7 Å². The molecule has 3 rings (SSSR count). The number of hydrogen-bond acceptors (Lipinski definition) is 4. The number of nitrogens with one attached hydrogen (secondary N) is 2. The summed E-state index contributed by atoms with van der Waals surface area (Å²) in [5.41, 5.74) is 1.99. The molecule has 7 heteroatoms. The van der Waals surface area contributed by atoms with Crippen molar-refractivity contribution in [2.45, 2.75) is 18.4 Å². The molecule has 6 nitrogen and oxygen atoms in total. The number of carbonyl (C=O) groups excluding carboxylic acids is 1. The second kappa shape index (κ2) is 8.00. The number of ether oxygens (including phenoxy) is 1. The fourth-order valence-electron chi connectivity index (χ4n) is 2.92. The molecule has 0 aliphatic heterocycles. The Morgan fingerprint density at radius 2 is 1.71 bits per heavy atom. The molecule has 0 saturated carbocycles. The lowest BCUT2D eigenvalue weighted by atomic mass is 10.1. The standard InChI is InChI=1S/C21H22N2O4S/c1-14-4-9-19(28(25,26)22-2)12-20(14)21(24)23-13-15-5-6-17-11-18(27-3)8-7-16(17)10-15/h4-12,22H,13H2,1-3H3,(H,23,24). The summed E-state index contributed by atoms with van der Waals surface area (Å²) in [7, 11) is -0.642. The van der Waals surface area contributed by atoms with Gasteiger partial charge < -0.3 is 10.1 Å². The molecule has 3 aromatic rings. The van der Waals surface area contributed by atoms with Crippen LogP contribution in [0.15, 0.2) is 59.5 Å². The molecule has 146 valence electrons. The van der Waals surface area contributed by atoms with Crippen LogP contribution >= 0.6 is 0 Å². The highest BCUT2D eigenvalue weighted by molar-refractivity contribution is 7.89. The van der Waals surface area contributed by atoms with Crippen LogP contribution in [-0.2, 0) is 16.6 Å². The van der Waals surface area contributed by atoms with Gasteiger partial charge in [-0.25, -0.2) is 13.1 Å². The van der Waals surface area contributed by atoms with E-state index in [1.54, 1.807) is 20.1 Å². The van der Waals surface area contributed by atoms with Crippen LogP contribution in [0.25, 0.3) is 10.8 Å². The lowest BCUT2D eigenvalue weighted by Crippen LogP contribution is -2.25. The minimum absolute atomic E-state index is 0.0606. The summed E-state index contributed by atoms with van der Waals surface area (Å²) in [5, 5.41) is 4.96. The van der Waals surface area contributed by atoms with Gasteiger partial charge in [0.1, 0.15) is 5.75 Å². The van der Waals surface area contributed by atoms with Crippen molar-refractivity contribution in [3.8, 4) is 5.75 Å². The van der Waals surface area contributed by atoms with Gasteiger partial charge >= 0.3 is 0 Å². The zero-order valence-electron chi connectivity index (χ0n) is 15.9. The maximum absolute atomic E-state index is 12.6. The van der Waals surface area contributed by atoms with Crippen molar-refractivity contribution >= 4 is 26.7 Å². The number of methoxy groups -OCH3 is 1. The summed E-state index contributed by atoms with van der Waals surface area (Å²) in [6, 6.07) is 16.2. The smallest absolute Gasteiger partial charge is 0.251 e. The fraction of sp³-hybridized carbons (Fsp3) is 0.190. The van der Waals surface area contributed by atoms with Crippen LogP contribution in [-0.4, -0.2) is 28.5 Å². The molecule has 0 radical (unpaired) electrons. The Bertz CT molecular complexity index is 1140. The minimum Gasteiger partial charge on any atom is -0.497 e. The summed E-state index contributed by atoms with van der Waals surface area (Å²) in [5.74, 6) is 0.473. The molecule has 1 amide bonds. The van der Waals surface area contributed by atoms with Gasteiger partial charge in [-0.1, -0.05) is 24.3 Å². The number of aryl methyl sites for hydroxylation is 1. The lowest BCUT2D eigenvalue weighted by Gasteiger charge is -2.11. The van der Waals surface area contributed by atoms with Crippen molar-refractivity contribution in [1.82, 2.24) is 10.0 Å². The van der Waals surface area contributed by atoms with E-state index < -0.39 is 10.0 Å². The summed E-state index contributed by atoms with van der Waals surface area (Å²) in [6.07, 6.45) is 0. The van der Waals surface area contributed by atoms with Crippen molar-refractivity contribution in [2.75, 3.05) is 14.2 Å². The Kier molecular flexibility index (Phi) is 5.67. The average Bonchev–Trinajstić information content (AvgIpc) is 2.71. The number of benzene rings is 3. The topological polar surface area (TPSA) is 84.5 Å². The van der Waals surface area contributed by atoms with E-state index in [0.717, 1.165) is 22.1 Å². The highest BCUT2D eigenvalue weighted by atomic mass is 32.2. The fourth-order valence-corrected chi connectivity index (χ4v) is 3.67. The first-order valence-electron chi connectivity index (χ1n) is 8.73. The zero-order chi connectivity index (χ0) is 20.3. The van der Waals surface area contributed by atoms with Crippen LogP contribution in [0.1, 0.15) is 21.5 Å². The Morgan fingerprint density at radius 1 is 1.00 bits per heavy atom. The Balaban J connectivity index is 1.79. The van der Waals surface area contributed by atoms with E-state index in [1.807, 2.05) is 36.4 Å². The van der Waals surface area contributed by atoms with Gasteiger partial charge in [0.25, 0.3) is 5.91 Å². The average molecular weight is 398 g/mol. The van der Waals surface area contributed by atoms with E-state index >= 15 is 0 Å². The molecule has 0 aromatic heterocycles. The predicted octanol–water partition coefficient (Wildman–Crippen LogP) is 2.99. The van der Waals surface area contributed by atoms with E-state index in [4.69, 9.17) is 4.74 Å². The van der Waals surface area contributed by atoms with Gasteiger partial charge in [0.2, 0.25) is 10.0 Å². The number of hydrogen-bond donors (Lipinski definition) is 2.